The molecule has 0 aliphatic carbocycles. The number of hydrogen-bond acceptors (Lipinski definition) is 5. The molecule has 0 aliphatic rings. The van der Waals surface area contributed by atoms with Gasteiger partial charge in [0.05, 0.1) is 10.6 Å². The first kappa shape index (κ1) is 25.1. The maximum Gasteiger partial charge on any atom is 0.303 e. The molecule has 0 heterocycles. The first-order valence-corrected chi connectivity index (χ1v) is 12.7. The summed E-state index contributed by atoms with van der Waals surface area (Å²) >= 11 is 0. The summed E-state index contributed by atoms with van der Waals surface area (Å²) in [6.07, 6.45) is 0. The number of nitrogens with zero attached hydrogens (tertiary/aromatic N) is 2. The van der Waals surface area contributed by atoms with Gasteiger partial charge in [-0.2, -0.15) is 12.7 Å². The van der Waals surface area contributed by atoms with E-state index in [0.29, 0.717) is 11.4 Å². The van der Waals surface area contributed by atoms with Gasteiger partial charge in [0, 0.05) is 38.1 Å². The van der Waals surface area contributed by atoms with Crippen molar-refractivity contribution in [2.24, 2.45) is 0 Å². The van der Waals surface area contributed by atoms with Gasteiger partial charge in [0.15, 0.2) is 0 Å². The highest BCUT2D eigenvalue weighted by Crippen LogP contribution is 2.21. The lowest BCUT2D eigenvalue weighted by atomic mass is 10.2. The Morgan fingerprint density at radius 2 is 1.29 bits per heavy atom. The summed E-state index contributed by atoms with van der Waals surface area (Å²) in [5.41, 5.74) is 1.25. The minimum absolute atomic E-state index is 0.0377. The van der Waals surface area contributed by atoms with Gasteiger partial charge in [-0.1, -0.05) is 0 Å². The fraction of sp³-hybridized carbons (Fsp3) is 0.136. The van der Waals surface area contributed by atoms with Gasteiger partial charge in [-0.15, -0.1) is 0 Å². The highest BCUT2D eigenvalue weighted by atomic mass is 32.2. The molecule has 1 amide bonds. The van der Waals surface area contributed by atoms with Crippen LogP contribution in [0.2, 0.25) is 0 Å². The number of halogens is 1. The molecule has 9 nitrogen and oxygen atoms in total. The van der Waals surface area contributed by atoms with Crippen molar-refractivity contribution in [3.8, 4) is 0 Å². The molecule has 0 bridgehead atoms. The highest BCUT2D eigenvalue weighted by Gasteiger charge is 2.21. The third kappa shape index (κ3) is 5.71. The fourth-order valence-corrected chi connectivity index (χ4v) is 4.79. The topological polar surface area (TPSA) is 116 Å². The van der Waals surface area contributed by atoms with E-state index in [1.54, 1.807) is 0 Å². The number of amides is 1. The van der Waals surface area contributed by atoms with Gasteiger partial charge in [-0.05, 0) is 72.8 Å². The van der Waals surface area contributed by atoms with Crippen LogP contribution in [0.15, 0.2) is 77.7 Å². The van der Waals surface area contributed by atoms with Crippen LogP contribution in [0.4, 0.5) is 21.5 Å². The van der Waals surface area contributed by atoms with Gasteiger partial charge in [0.2, 0.25) is 0 Å². The molecule has 12 heteroatoms. The predicted molar refractivity (Wildman–Crippen MR) is 129 cm³/mol. The number of rotatable bonds is 8. The zero-order valence-electron chi connectivity index (χ0n) is 18.6. The molecule has 0 aliphatic heterocycles. The van der Waals surface area contributed by atoms with E-state index in [2.05, 4.69) is 10.0 Å². The van der Waals surface area contributed by atoms with Crippen molar-refractivity contribution in [2.45, 2.75) is 4.90 Å². The minimum Gasteiger partial charge on any atom is -0.322 e. The van der Waals surface area contributed by atoms with Crippen LogP contribution in [0.25, 0.3) is 0 Å². The second-order valence-corrected chi connectivity index (χ2v) is 11.3. The van der Waals surface area contributed by atoms with Gasteiger partial charge in [-0.3, -0.25) is 13.8 Å². The van der Waals surface area contributed by atoms with Crippen LogP contribution in [0.3, 0.4) is 0 Å². The standard InChI is InChI=1S/C22H23FN4O5S2/c1-26(2)34(31,32)27(3)20-12-4-16(5-13-20)22(28)24-18-10-14-21(15-11-18)33(29,30)25-19-8-6-17(23)7-9-19/h4-15,25H,1-3H3,(H,24,28). The van der Waals surface area contributed by atoms with Crippen molar-refractivity contribution in [3.05, 3.63) is 84.2 Å². The molecule has 0 spiro atoms. The second-order valence-electron chi connectivity index (χ2n) is 7.40. The molecule has 0 saturated heterocycles. The van der Waals surface area contributed by atoms with Crippen molar-refractivity contribution in [2.75, 3.05) is 35.5 Å². The summed E-state index contributed by atoms with van der Waals surface area (Å²) < 4.78 is 66.9. The van der Waals surface area contributed by atoms with Crippen molar-refractivity contribution in [1.82, 2.24) is 4.31 Å². The fourth-order valence-electron chi connectivity index (χ4n) is 2.85. The van der Waals surface area contributed by atoms with Crippen molar-refractivity contribution in [1.29, 1.82) is 0 Å². The number of sulfonamides is 1. The predicted octanol–water partition coefficient (Wildman–Crippen LogP) is 3.12. The zero-order chi connectivity index (χ0) is 25.1. The minimum atomic E-state index is -3.90. The number of hydrogen-bond donors (Lipinski definition) is 2. The van der Waals surface area contributed by atoms with Crippen LogP contribution in [-0.2, 0) is 20.2 Å². The van der Waals surface area contributed by atoms with Crippen LogP contribution < -0.4 is 14.3 Å². The largest absolute Gasteiger partial charge is 0.322 e. The quantitative estimate of drug-likeness (QED) is 0.487. The molecule has 0 radical (unpaired) electrons. The number of nitrogens with one attached hydrogen (secondary N) is 2. The van der Waals surface area contributed by atoms with Gasteiger partial charge in [-0.25, -0.2) is 12.8 Å². The number of carbonyl (C=O) groups excluding carboxylic acids is 1. The molecule has 0 saturated carbocycles. The molecule has 3 rings (SSSR count). The third-order valence-electron chi connectivity index (χ3n) is 4.82. The number of anilines is 3. The average molecular weight is 507 g/mol. The van der Waals surface area contributed by atoms with Crippen LogP contribution in [0.1, 0.15) is 10.4 Å². The molecule has 34 heavy (non-hydrogen) atoms. The molecule has 0 atom stereocenters. The molecule has 0 aromatic heterocycles. The number of carbonyl (C=O) groups is 1. The Kier molecular flexibility index (Phi) is 7.24. The van der Waals surface area contributed by atoms with Crippen LogP contribution >= 0.6 is 0 Å². The first-order chi connectivity index (χ1) is 15.9. The molecule has 0 unspecified atom stereocenters. The molecule has 3 aromatic carbocycles. The van der Waals surface area contributed by atoms with Crippen molar-refractivity contribution in [3.63, 3.8) is 0 Å². The maximum atomic E-state index is 13.0. The van der Waals surface area contributed by atoms with E-state index in [4.69, 9.17) is 0 Å². The van der Waals surface area contributed by atoms with Crippen molar-refractivity contribution >= 4 is 43.2 Å². The molecule has 3 aromatic rings. The van der Waals surface area contributed by atoms with E-state index < -0.39 is 32.0 Å². The van der Waals surface area contributed by atoms with Crippen molar-refractivity contribution < 1.29 is 26.0 Å². The Bertz CT molecular complexity index is 1370. The van der Waals surface area contributed by atoms with Gasteiger partial charge >= 0.3 is 10.2 Å². The molecule has 2 N–H and O–H groups in total. The molecule has 180 valence electrons. The second kappa shape index (κ2) is 9.79. The SMILES string of the molecule is CN(C)S(=O)(=O)N(C)c1ccc(C(=O)Nc2ccc(S(=O)(=O)Nc3ccc(F)cc3)cc2)cc1. The monoisotopic (exact) mass is 506 g/mol. The van der Waals surface area contributed by atoms with E-state index in [1.165, 1.54) is 81.8 Å². The highest BCUT2D eigenvalue weighted by molar-refractivity contribution is 7.92. The normalized spacial score (nSPS) is 11.8. The van der Waals surface area contributed by atoms with Crippen LogP contribution in [0.5, 0.6) is 0 Å². The van der Waals surface area contributed by atoms with Gasteiger partial charge < -0.3 is 5.32 Å². The summed E-state index contributed by atoms with van der Waals surface area (Å²) in [7, 11) is -3.30. The van der Waals surface area contributed by atoms with Gasteiger partial charge in [0.1, 0.15) is 5.82 Å². The molecular weight excluding hydrogens is 483 g/mol. The average Bonchev–Trinajstić information content (AvgIpc) is 2.80. The molecule has 0 fully saturated rings. The summed E-state index contributed by atoms with van der Waals surface area (Å²) in [6, 6.07) is 16.4. The van der Waals surface area contributed by atoms with E-state index in [1.807, 2.05) is 0 Å². The Morgan fingerprint density at radius 1 is 0.765 bits per heavy atom. The zero-order valence-corrected chi connectivity index (χ0v) is 20.2. The summed E-state index contributed by atoms with van der Waals surface area (Å²) in [5, 5.41) is 2.65. The van der Waals surface area contributed by atoms with Crippen LogP contribution in [0, 0.1) is 5.82 Å². The lowest BCUT2D eigenvalue weighted by molar-refractivity contribution is 0.102. The van der Waals surface area contributed by atoms with Gasteiger partial charge in [0.25, 0.3) is 15.9 Å². The maximum absolute atomic E-state index is 13.0. The summed E-state index contributed by atoms with van der Waals surface area (Å²) in [6.45, 7) is 0. The summed E-state index contributed by atoms with van der Waals surface area (Å²) in [5.74, 6) is -0.937. The van der Waals surface area contributed by atoms with E-state index in [-0.39, 0.29) is 16.1 Å². The lowest BCUT2D eigenvalue weighted by Crippen LogP contribution is -2.37. The lowest BCUT2D eigenvalue weighted by Gasteiger charge is -2.23. The van der Waals surface area contributed by atoms with E-state index >= 15 is 0 Å². The third-order valence-corrected chi connectivity index (χ3v) is 8.04. The molecular formula is C22H23FN4O5S2. The summed E-state index contributed by atoms with van der Waals surface area (Å²) in [4.78, 5) is 12.5. The Morgan fingerprint density at radius 3 is 1.82 bits per heavy atom. The first-order valence-electron chi connectivity index (χ1n) is 9.86. The Balaban J connectivity index is 1.68. The Labute approximate surface area is 198 Å². The van der Waals surface area contributed by atoms with E-state index in [0.717, 1.165) is 20.7 Å². The smallest absolute Gasteiger partial charge is 0.303 e. The number of benzene rings is 3. The van der Waals surface area contributed by atoms with E-state index in [9.17, 15) is 26.0 Å². The van der Waals surface area contributed by atoms with Crippen LogP contribution in [-0.4, -0.2) is 48.2 Å². The Hall–Kier alpha value is -3.48.